The molecule has 0 unspecified atom stereocenters. The van der Waals surface area contributed by atoms with Gasteiger partial charge in [-0.2, -0.15) is 0 Å². The first-order valence-electron chi connectivity index (χ1n) is 5.87. The van der Waals surface area contributed by atoms with E-state index in [4.69, 9.17) is 11.2 Å². The molecule has 1 heterocycles. The third kappa shape index (κ3) is 2.98. The minimum absolute atomic E-state index is 0.00573. The lowest BCUT2D eigenvalue weighted by atomic mass is 10.1. The molecule has 0 N–H and O–H groups in total. The summed E-state index contributed by atoms with van der Waals surface area (Å²) in [5, 5.41) is 0. The maximum Gasteiger partial charge on any atom is 0.265 e. The molecular formula is C15H10BrF2NO2. The highest BCUT2D eigenvalue weighted by atomic mass is 79.9. The zero-order valence-corrected chi connectivity index (χ0v) is 12.6. The third-order valence-corrected chi connectivity index (χ3v) is 3.46. The average molecular weight is 354 g/mol. The Hall–Kier alpha value is -2.13. The monoisotopic (exact) mass is 353 g/mol. The van der Waals surface area contributed by atoms with Crippen LogP contribution >= 0.6 is 15.9 Å². The van der Waals surface area contributed by atoms with Crippen molar-refractivity contribution in [3.63, 3.8) is 0 Å². The number of rotatable bonds is 3. The molecule has 2 rings (SSSR count). The molecular weight excluding hydrogens is 344 g/mol. The number of benzene rings is 1. The minimum Gasteiger partial charge on any atom is -0.481 e. The van der Waals surface area contributed by atoms with Gasteiger partial charge in [0.2, 0.25) is 0 Å². The second-order valence-electron chi connectivity index (χ2n) is 4.19. The van der Waals surface area contributed by atoms with Crippen LogP contribution in [0.25, 0.3) is 11.3 Å². The Morgan fingerprint density at radius 2 is 1.95 bits per heavy atom. The van der Waals surface area contributed by atoms with E-state index >= 15 is 0 Å². The van der Waals surface area contributed by atoms with Crippen molar-refractivity contribution in [2.75, 3.05) is 6.61 Å². The summed E-state index contributed by atoms with van der Waals surface area (Å²) in [6.45, 7) is -0.0883. The molecule has 0 saturated carbocycles. The zero-order valence-electron chi connectivity index (χ0n) is 11.0. The summed E-state index contributed by atoms with van der Waals surface area (Å²) in [5.74, 6) is 0.533. The summed E-state index contributed by atoms with van der Waals surface area (Å²) in [4.78, 5) is 11.8. The van der Waals surface area contributed by atoms with E-state index in [-0.39, 0.29) is 29.2 Å². The largest absolute Gasteiger partial charge is 0.481 e. The smallest absolute Gasteiger partial charge is 0.265 e. The molecule has 0 radical (unpaired) electrons. The van der Waals surface area contributed by atoms with Crippen LogP contribution in [0.15, 0.2) is 33.5 Å². The van der Waals surface area contributed by atoms with Gasteiger partial charge in [-0.3, -0.25) is 4.79 Å². The summed E-state index contributed by atoms with van der Waals surface area (Å²) in [5.41, 5.74) is -0.559. The molecule has 0 spiro atoms. The number of aromatic nitrogens is 1. The predicted molar refractivity (Wildman–Crippen MR) is 79.1 cm³/mol. The molecule has 0 saturated heterocycles. The van der Waals surface area contributed by atoms with E-state index in [0.29, 0.717) is 4.47 Å². The molecule has 0 fully saturated rings. The van der Waals surface area contributed by atoms with Gasteiger partial charge in [0.1, 0.15) is 24.0 Å². The Kier molecular flexibility index (Phi) is 4.43. The van der Waals surface area contributed by atoms with Crippen molar-refractivity contribution in [2.45, 2.75) is 0 Å². The number of nitrogens with zero attached hydrogens (tertiary/aromatic N) is 1. The first-order valence-corrected chi connectivity index (χ1v) is 6.66. The summed E-state index contributed by atoms with van der Waals surface area (Å²) in [7, 11) is 1.43. The van der Waals surface area contributed by atoms with E-state index in [1.807, 2.05) is 0 Å². The molecule has 3 nitrogen and oxygen atoms in total. The molecule has 1 aromatic carbocycles. The maximum absolute atomic E-state index is 14.1. The van der Waals surface area contributed by atoms with Crippen LogP contribution in [0.2, 0.25) is 0 Å². The van der Waals surface area contributed by atoms with Gasteiger partial charge in [0, 0.05) is 19.2 Å². The highest BCUT2D eigenvalue weighted by Gasteiger charge is 2.17. The van der Waals surface area contributed by atoms with Crippen molar-refractivity contribution >= 4 is 15.9 Å². The molecule has 0 aliphatic heterocycles. The number of ether oxygens (including phenoxy) is 1. The van der Waals surface area contributed by atoms with Crippen LogP contribution < -0.4 is 10.3 Å². The molecule has 6 heteroatoms. The van der Waals surface area contributed by atoms with Crippen LogP contribution in [0.4, 0.5) is 8.78 Å². The first kappa shape index (κ1) is 15.3. The van der Waals surface area contributed by atoms with Crippen LogP contribution in [0.5, 0.6) is 5.75 Å². The lowest BCUT2D eigenvalue weighted by molar-refractivity contribution is 0.365. The summed E-state index contributed by atoms with van der Waals surface area (Å²) in [6, 6.07) is 4.96. The number of terminal acetylenes is 1. The lowest BCUT2D eigenvalue weighted by Crippen LogP contribution is -2.19. The summed E-state index contributed by atoms with van der Waals surface area (Å²) in [6.07, 6.45) is 5.02. The second-order valence-corrected chi connectivity index (χ2v) is 5.04. The van der Waals surface area contributed by atoms with Crippen LogP contribution in [-0.2, 0) is 7.05 Å². The van der Waals surface area contributed by atoms with Crippen molar-refractivity contribution in [3.8, 4) is 29.4 Å². The quantitative estimate of drug-likeness (QED) is 0.794. The molecule has 0 aliphatic carbocycles. The van der Waals surface area contributed by atoms with Gasteiger partial charge in [-0.1, -0.05) is 5.92 Å². The second kappa shape index (κ2) is 6.10. The van der Waals surface area contributed by atoms with Crippen molar-refractivity contribution in [2.24, 2.45) is 7.05 Å². The van der Waals surface area contributed by atoms with E-state index in [2.05, 4.69) is 21.9 Å². The lowest BCUT2D eigenvalue weighted by Gasteiger charge is -2.12. The number of pyridine rings is 1. The van der Waals surface area contributed by atoms with Crippen LogP contribution in [0.1, 0.15) is 0 Å². The van der Waals surface area contributed by atoms with Gasteiger partial charge >= 0.3 is 0 Å². The molecule has 0 bridgehead atoms. The zero-order chi connectivity index (χ0) is 15.6. The summed E-state index contributed by atoms with van der Waals surface area (Å²) < 4.78 is 34.7. The molecule has 108 valence electrons. The molecule has 2 aromatic rings. The molecule has 21 heavy (non-hydrogen) atoms. The topological polar surface area (TPSA) is 31.2 Å². The van der Waals surface area contributed by atoms with Gasteiger partial charge in [0.25, 0.3) is 5.56 Å². The average Bonchev–Trinajstić information content (AvgIpc) is 2.44. The van der Waals surface area contributed by atoms with Crippen LogP contribution in [0.3, 0.4) is 0 Å². The Labute approximate surface area is 128 Å². The number of hydrogen-bond acceptors (Lipinski definition) is 2. The number of hydrogen-bond donors (Lipinski definition) is 0. The van der Waals surface area contributed by atoms with E-state index in [1.165, 1.54) is 19.2 Å². The highest BCUT2D eigenvalue weighted by Crippen LogP contribution is 2.29. The van der Waals surface area contributed by atoms with E-state index in [9.17, 15) is 13.6 Å². The first-order chi connectivity index (χ1) is 9.95. The van der Waals surface area contributed by atoms with Crippen LogP contribution in [0, 0.1) is 24.0 Å². The van der Waals surface area contributed by atoms with Gasteiger partial charge in [0.05, 0.1) is 15.7 Å². The summed E-state index contributed by atoms with van der Waals surface area (Å²) >= 11 is 3.07. The van der Waals surface area contributed by atoms with Crippen molar-refractivity contribution < 1.29 is 13.5 Å². The van der Waals surface area contributed by atoms with Crippen molar-refractivity contribution in [3.05, 3.63) is 50.7 Å². The van der Waals surface area contributed by atoms with Gasteiger partial charge in [-0.25, -0.2) is 8.78 Å². The van der Waals surface area contributed by atoms with Gasteiger partial charge in [-0.05, 0) is 28.1 Å². The van der Waals surface area contributed by atoms with Crippen molar-refractivity contribution in [1.82, 2.24) is 4.57 Å². The minimum atomic E-state index is -0.834. The van der Waals surface area contributed by atoms with Gasteiger partial charge in [0.15, 0.2) is 0 Å². The SMILES string of the molecule is C#CCOc1cc(F)c(-c2ccc(Br)c(=O)n2C)c(F)c1. The Bertz CT molecular complexity index is 770. The predicted octanol–water partition coefficient (Wildman–Crippen LogP) is 3.11. The Morgan fingerprint density at radius 3 is 2.52 bits per heavy atom. The van der Waals surface area contributed by atoms with Gasteiger partial charge in [-0.15, -0.1) is 6.42 Å². The Balaban J connectivity index is 2.58. The highest BCUT2D eigenvalue weighted by molar-refractivity contribution is 9.10. The van der Waals surface area contributed by atoms with Crippen LogP contribution in [-0.4, -0.2) is 11.2 Å². The Morgan fingerprint density at radius 1 is 1.33 bits per heavy atom. The fourth-order valence-corrected chi connectivity index (χ4v) is 2.26. The fraction of sp³-hybridized carbons (Fsp3) is 0.133. The molecule has 0 atom stereocenters. The fourth-order valence-electron chi connectivity index (χ4n) is 1.86. The van der Waals surface area contributed by atoms with E-state index in [1.54, 1.807) is 0 Å². The standard InChI is InChI=1S/C15H10BrF2NO2/c1-3-6-21-9-7-11(17)14(12(18)8-9)13-5-4-10(16)15(20)19(13)2/h1,4-5,7-8H,6H2,2H3. The van der Waals surface area contributed by atoms with Crippen molar-refractivity contribution in [1.29, 1.82) is 0 Å². The van der Waals surface area contributed by atoms with E-state index in [0.717, 1.165) is 16.7 Å². The molecule has 0 amide bonds. The molecule has 1 aromatic heterocycles. The third-order valence-electron chi connectivity index (χ3n) is 2.85. The maximum atomic E-state index is 14.1. The van der Waals surface area contributed by atoms with Gasteiger partial charge < -0.3 is 9.30 Å². The normalized spacial score (nSPS) is 10.2. The molecule has 0 aliphatic rings. The van der Waals surface area contributed by atoms with E-state index < -0.39 is 11.6 Å². The number of halogens is 3.